The van der Waals surface area contributed by atoms with Crippen LogP contribution in [0.2, 0.25) is 0 Å². The van der Waals surface area contributed by atoms with E-state index < -0.39 is 0 Å². The summed E-state index contributed by atoms with van der Waals surface area (Å²) in [6.07, 6.45) is 9.08. The van der Waals surface area contributed by atoms with Gasteiger partial charge in [0.2, 0.25) is 0 Å². The highest BCUT2D eigenvalue weighted by atomic mass is 14.8. The first kappa shape index (κ1) is 6.77. The predicted molar refractivity (Wildman–Crippen MR) is 46.5 cm³/mol. The van der Waals surface area contributed by atoms with Crippen molar-refractivity contribution in [1.82, 2.24) is 0 Å². The third-order valence-electron chi connectivity index (χ3n) is 2.45. The van der Waals surface area contributed by atoms with Crippen LogP contribution in [0.25, 0.3) is 0 Å². The molecule has 0 aromatic heterocycles. The van der Waals surface area contributed by atoms with Crippen LogP contribution in [0.1, 0.15) is 19.3 Å². The number of aliphatic imine (C=N–C) groups is 1. The molecule has 0 aromatic rings. The lowest BCUT2D eigenvalue weighted by atomic mass is 9.83. The molecular formula is C9H12N2. The largest absolute Gasteiger partial charge is 0.309 e. The second-order valence-corrected chi connectivity index (χ2v) is 3.18. The van der Waals surface area contributed by atoms with Gasteiger partial charge in [0.15, 0.2) is 0 Å². The molecule has 2 heteroatoms. The summed E-state index contributed by atoms with van der Waals surface area (Å²) in [5, 5.41) is 7.69. The van der Waals surface area contributed by atoms with Gasteiger partial charge in [-0.05, 0) is 12.8 Å². The second-order valence-electron chi connectivity index (χ2n) is 3.18. The molecule has 0 aromatic carbocycles. The minimum absolute atomic E-state index is 0.390. The van der Waals surface area contributed by atoms with Crippen molar-refractivity contribution >= 4 is 11.9 Å². The van der Waals surface area contributed by atoms with E-state index >= 15 is 0 Å². The molecule has 2 atom stereocenters. The molecule has 2 rings (SSSR count). The molecule has 0 spiro atoms. The maximum absolute atomic E-state index is 7.69. The molecule has 2 nitrogen and oxygen atoms in total. The van der Waals surface area contributed by atoms with Crippen LogP contribution in [0.15, 0.2) is 17.1 Å². The normalized spacial score (nSPS) is 35.5. The van der Waals surface area contributed by atoms with E-state index in [0.29, 0.717) is 12.0 Å². The monoisotopic (exact) mass is 148 g/mol. The summed E-state index contributed by atoms with van der Waals surface area (Å²) in [4.78, 5) is 4.38. The molecule has 0 saturated carbocycles. The first-order chi connectivity index (χ1) is 5.38. The van der Waals surface area contributed by atoms with E-state index in [-0.39, 0.29) is 0 Å². The number of fused-ring (bicyclic) bond motifs is 1. The Hall–Kier alpha value is -0.920. The van der Waals surface area contributed by atoms with Crippen molar-refractivity contribution in [3.05, 3.63) is 12.2 Å². The van der Waals surface area contributed by atoms with Crippen molar-refractivity contribution in [3.8, 4) is 0 Å². The van der Waals surface area contributed by atoms with Crippen molar-refractivity contribution in [2.24, 2.45) is 10.9 Å². The second kappa shape index (κ2) is 2.61. The summed E-state index contributed by atoms with van der Waals surface area (Å²) in [5.74, 6) is 0.421. The van der Waals surface area contributed by atoms with Gasteiger partial charge in [0.25, 0.3) is 0 Å². The summed E-state index contributed by atoms with van der Waals surface area (Å²) in [5.41, 5.74) is 0.870. The Morgan fingerprint density at radius 1 is 1.36 bits per heavy atom. The topological polar surface area (TPSA) is 36.2 Å². The Labute approximate surface area is 66.5 Å². The molecule has 1 heterocycles. The van der Waals surface area contributed by atoms with E-state index in [0.717, 1.165) is 25.0 Å². The maximum atomic E-state index is 7.69. The lowest BCUT2D eigenvalue weighted by Crippen LogP contribution is -2.31. The van der Waals surface area contributed by atoms with Gasteiger partial charge in [0.05, 0.1) is 6.04 Å². The number of hydrogen-bond donors (Lipinski definition) is 1. The van der Waals surface area contributed by atoms with Gasteiger partial charge in [-0.1, -0.05) is 12.2 Å². The molecule has 1 N–H and O–H groups in total. The van der Waals surface area contributed by atoms with Gasteiger partial charge in [0.1, 0.15) is 0 Å². The van der Waals surface area contributed by atoms with Crippen molar-refractivity contribution in [3.63, 3.8) is 0 Å². The molecule has 2 aliphatic rings. The van der Waals surface area contributed by atoms with E-state index in [1.165, 1.54) is 0 Å². The highest BCUT2D eigenvalue weighted by molar-refractivity contribution is 5.97. The molecule has 1 aliphatic heterocycles. The first-order valence-electron chi connectivity index (χ1n) is 4.12. The van der Waals surface area contributed by atoms with Crippen LogP contribution in [0.5, 0.6) is 0 Å². The van der Waals surface area contributed by atoms with E-state index in [4.69, 9.17) is 5.41 Å². The summed E-state index contributed by atoms with van der Waals surface area (Å²) in [6.45, 7) is 0. The zero-order valence-corrected chi connectivity index (χ0v) is 6.46. The van der Waals surface area contributed by atoms with Crippen LogP contribution >= 0.6 is 0 Å². The fraction of sp³-hybridized carbons (Fsp3) is 0.556. The van der Waals surface area contributed by atoms with Gasteiger partial charge in [-0.25, -0.2) is 0 Å². The third-order valence-corrected chi connectivity index (χ3v) is 2.45. The first-order valence-corrected chi connectivity index (χ1v) is 4.12. The van der Waals surface area contributed by atoms with Crippen molar-refractivity contribution in [1.29, 1.82) is 5.41 Å². The fourth-order valence-electron chi connectivity index (χ4n) is 1.78. The Bertz CT molecular complexity index is 228. The van der Waals surface area contributed by atoms with Gasteiger partial charge in [-0.2, -0.15) is 0 Å². The van der Waals surface area contributed by atoms with Gasteiger partial charge in [-0.3, -0.25) is 4.99 Å². The van der Waals surface area contributed by atoms with Gasteiger partial charge in [0, 0.05) is 24.3 Å². The minimum Gasteiger partial charge on any atom is -0.309 e. The molecule has 0 fully saturated rings. The highest BCUT2D eigenvalue weighted by Gasteiger charge is 2.27. The Kier molecular flexibility index (Phi) is 1.60. The molecule has 2 unspecified atom stereocenters. The molecule has 11 heavy (non-hydrogen) atoms. The zero-order valence-electron chi connectivity index (χ0n) is 6.46. The van der Waals surface area contributed by atoms with E-state index in [2.05, 4.69) is 17.1 Å². The third kappa shape index (κ3) is 1.13. The van der Waals surface area contributed by atoms with Crippen molar-refractivity contribution in [2.75, 3.05) is 0 Å². The lowest BCUT2D eigenvalue weighted by molar-refractivity contribution is 0.508. The lowest BCUT2D eigenvalue weighted by Gasteiger charge is -2.28. The summed E-state index contributed by atoms with van der Waals surface area (Å²) in [7, 11) is 0. The number of nitrogens with one attached hydrogen (secondary N) is 1. The van der Waals surface area contributed by atoms with Crippen molar-refractivity contribution < 1.29 is 0 Å². The van der Waals surface area contributed by atoms with Gasteiger partial charge in [-0.15, -0.1) is 0 Å². The Balaban J connectivity index is 2.23. The van der Waals surface area contributed by atoms with Gasteiger partial charge >= 0.3 is 0 Å². The number of nitrogens with zero attached hydrogens (tertiary/aromatic N) is 1. The molecule has 0 bridgehead atoms. The molecule has 0 saturated heterocycles. The SMILES string of the molecule is N=C1CC=NC2CC=CCC12. The highest BCUT2D eigenvalue weighted by Crippen LogP contribution is 2.26. The maximum Gasteiger partial charge on any atom is 0.0613 e. The standard InChI is InChI=1S/C9H12N2/c10-8-5-6-11-9-4-2-1-3-7(8)9/h1-2,6-7,9-10H,3-5H2. The fourth-order valence-corrected chi connectivity index (χ4v) is 1.78. The summed E-state index contributed by atoms with van der Waals surface area (Å²) >= 11 is 0. The van der Waals surface area contributed by atoms with Gasteiger partial charge < -0.3 is 5.41 Å². The van der Waals surface area contributed by atoms with E-state index in [1.807, 2.05) is 6.21 Å². The number of hydrogen-bond acceptors (Lipinski definition) is 2. The summed E-state index contributed by atoms with van der Waals surface area (Å²) < 4.78 is 0. The zero-order chi connectivity index (χ0) is 7.68. The van der Waals surface area contributed by atoms with E-state index in [9.17, 15) is 0 Å². The number of allylic oxidation sites excluding steroid dienone is 1. The average Bonchev–Trinajstić information content (AvgIpc) is 2.06. The van der Waals surface area contributed by atoms with Crippen LogP contribution in [0.4, 0.5) is 0 Å². The summed E-state index contributed by atoms with van der Waals surface area (Å²) in [6, 6.07) is 0.390. The minimum atomic E-state index is 0.390. The van der Waals surface area contributed by atoms with Crippen LogP contribution < -0.4 is 0 Å². The molecule has 0 amide bonds. The van der Waals surface area contributed by atoms with Crippen LogP contribution in [-0.2, 0) is 0 Å². The van der Waals surface area contributed by atoms with Crippen LogP contribution in [0, 0.1) is 11.3 Å². The molecular weight excluding hydrogens is 136 g/mol. The number of rotatable bonds is 0. The molecule has 58 valence electrons. The Morgan fingerprint density at radius 2 is 2.18 bits per heavy atom. The molecule has 0 radical (unpaired) electrons. The Morgan fingerprint density at radius 3 is 3.00 bits per heavy atom. The average molecular weight is 148 g/mol. The van der Waals surface area contributed by atoms with Crippen molar-refractivity contribution in [2.45, 2.75) is 25.3 Å². The van der Waals surface area contributed by atoms with E-state index in [1.54, 1.807) is 0 Å². The quantitative estimate of drug-likeness (QED) is 0.509. The van der Waals surface area contributed by atoms with Crippen LogP contribution in [-0.4, -0.2) is 18.0 Å². The predicted octanol–water partition coefficient (Wildman–Crippen LogP) is 1.82. The van der Waals surface area contributed by atoms with Crippen LogP contribution in [0.3, 0.4) is 0 Å². The molecule has 1 aliphatic carbocycles. The smallest absolute Gasteiger partial charge is 0.0613 e.